The van der Waals surface area contributed by atoms with Gasteiger partial charge >= 0.3 is 0 Å². The molecule has 3 aromatic rings. The Morgan fingerprint density at radius 3 is 2.61 bits per heavy atom. The lowest BCUT2D eigenvalue weighted by Gasteiger charge is -2.09. The smallest absolute Gasteiger partial charge is 0.278 e. The number of carbonyl (C=O) groups is 2. The van der Waals surface area contributed by atoms with Gasteiger partial charge in [0.1, 0.15) is 5.82 Å². The number of aromatic amines is 1. The van der Waals surface area contributed by atoms with Crippen LogP contribution in [-0.2, 0) is 9.59 Å². The zero-order valence-corrected chi connectivity index (χ0v) is 17.8. The molecule has 2 aromatic carbocycles. The van der Waals surface area contributed by atoms with Gasteiger partial charge in [-0.2, -0.15) is 0 Å². The molecule has 3 rings (SSSR count). The number of nitrogens with zero attached hydrogens (tertiary/aromatic N) is 2. The summed E-state index contributed by atoms with van der Waals surface area (Å²) >= 11 is 6.66. The number of halogens is 2. The summed E-state index contributed by atoms with van der Waals surface area (Å²) in [6.07, 6.45) is 0.290. The second-order valence-electron chi connectivity index (χ2n) is 6.22. The highest BCUT2D eigenvalue weighted by atomic mass is 35.5. The van der Waals surface area contributed by atoms with Crippen molar-refractivity contribution in [3.8, 4) is 11.3 Å². The van der Waals surface area contributed by atoms with Crippen LogP contribution < -0.4 is 16.2 Å². The topological polar surface area (TPSA) is 117 Å². The van der Waals surface area contributed by atoms with Crippen molar-refractivity contribution in [1.29, 1.82) is 0 Å². The van der Waals surface area contributed by atoms with Gasteiger partial charge in [0.05, 0.1) is 16.5 Å². The third kappa shape index (κ3) is 5.89. The predicted octanol–water partition coefficient (Wildman–Crippen LogP) is 3.70. The number of para-hydroxylation sites is 1. The fraction of sp³-hybridized carbons (Fsp3) is 0.150. The number of hydrogen-bond donors (Lipinski definition) is 3. The first-order chi connectivity index (χ1) is 14.9. The number of aromatic nitrogens is 3. The Labute approximate surface area is 185 Å². The van der Waals surface area contributed by atoms with Gasteiger partial charge in [-0.1, -0.05) is 48.5 Å². The van der Waals surface area contributed by atoms with E-state index in [1.165, 1.54) is 12.1 Å². The van der Waals surface area contributed by atoms with Crippen LogP contribution in [0.3, 0.4) is 0 Å². The molecular weight excluding hydrogens is 445 g/mol. The van der Waals surface area contributed by atoms with Crippen molar-refractivity contribution in [2.24, 2.45) is 0 Å². The second kappa shape index (κ2) is 10.2. The van der Waals surface area contributed by atoms with Crippen molar-refractivity contribution >= 4 is 46.6 Å². The molecule has 11 heteroatoms. The van der Waals surface area contributed by atoms with E-state index in [0.717, 1.165) is 17.8 Å². The monoisotopic (exact) mass is 461 g/mol. The summed E-state index contributed by atoms with van der Waals surface area (Å²) in [6.45, 7) is 1.72. The van der Waals surface area contributed by atoms with Gasteiger partial charge in [-0.15, -0.1) is 10.2 Å². The van der Waals surface area contributed by atoms with Crippen LogP contribution in [0.2, 0.25) is 5.02 Å². The van der Waals surface area contributed by atoms with Crippen LogP contribution in [0.5, 0.6) is 0 Å². The zero-order chi connectivity index (χ0) is 22.4. The Balaban J connectivity index is 1.69. The lowest BCUT2D eigenvalue weighted by atomic mass is 10.1. The molecule has 0 fully saturated rings. The first-order valence-corrected chi connectivity index (χ1v) is 10.5. The molecule has 8 nitrogen and oxygen atoms in total. The standard InChI is InChI=1S/C20H17ClFN5O3S/c1-2-16(28)24-15-6-4-3-5-12(15)18-19(30)25-20(27-26-18)31-10-17(29)23-11-7-8-14(22)13(21)9-11/h3-9H,2,10H2,1H3,(H,23,29)(H,24,28)(H,25,27,30). The SMILES string of the molecule is CCC(=O)Nc1ccccc1-c1nnc(SCC(=O)Nc2ccc(F)c(Cl)c2)[nH]c1=O. The molecule has 2 amide bonds. The van der Waals surface area contributed by atoms with Crippen LogP contribution in [0, 0.1) is 5.82 Å². The fourth-order valence-corrected chi connectivity index (χ4v) is 3.29. The van der Waals surface area contributed by atoms with Crippen molar-refractivity contribution in [1.82, 2.24) is 15.2 Å². The number of thioether (sulfide) groups is 1. The molecule has 0 radical (unpaired) electrons. The summed E-state index contributed by atoms with van der Waals surface area (Å²) in [5, 5.41) is 13.3. The number of carbonyl (C=O) groups excluding carboxylic acids is 2. The molecule has 0 saturated carbocycles. The Morgan fingerprint density at radius 2 is 1.90 bits per heavy atom. The van der Waals surface area contributed by atoms with Gasteiger partial charge < -0.3 is 10.6 Å². The first-order valence-electron chi connectivity index (χ1n) is 9.11. The Bertz CT molecular complexity index is 1190. The Kier molecular flexibility index (Phi) is 7.37. The number of hydrogen-bond acceptors (Lipinski definition) is 6. The summed E-state index contributed by atoms with van der Waals surface area (Å²) in [4.78, 5) is 38.9. The van der Waals surface area contributed by atoms with E-state index in [4.69, 9.17) is 11.6 Å². The van der Waals surface area contributed by atoms with Crippen molar-refractivity contribution in [3.63, 3.8) is 0 Å². The maximum atomic E-state index is 13.2. The summed E-state index contributed by atoms with van der Waals surface area (Å²) in [6, 6.07) is 10.6. The number of nitrogens with one attached hydrogen (secondary N) is 3. The normalized spacial score (nSPS) is 10.5. The number of benzene rings is 2. The molecule has 0 spiro atoms. The molecule has 0 unspecified atom stereocenters. The van der Waals surface area contributed by atoms with E-state index in [1.807, 2.05) is 0 Å². The average molecular weight is 462 g/mol. The molecule has 3 N–H and O–H groups in total. The van der Waals surface area contributed by atoms with Gasteiger partial charge in [-0.05, 0) is 24.3 Å². The van der Waals surface area contributed by atoms with Gasteiger partial charge in [0.2, 0.25) is 11.8 Å². The van der Waals surface area contributed by atoms with Crippen molar-refractivity contribution in [2.75, 3.05) is 16.4 Å². The quantitative estimate of drug-likeness (QED) is 0.462. The highest BCUT2D eigenvalue weighted by Gasteiger charge is 2.14. The van der Waals surface area contributed by atoms with E-state index in [9.17, 15) is 18.8 Å². The summed E-state index contributed by atoms with van der Waals surface area (Å²) < 4.78 is 13.2. The molecular formula is C20H17ClFN5O3S. The van der Waals surface area contributed by atoms with E-state index >= 15 is 0 Å². The zero-order valence-electron chi connectivity index (χ0n) is 16.2. The maximum Gasteiger partial charge on any atom is 0.278 e. The van der Waals surface area contributed by atoms with Crippen LogP contribution in [0.1, 0.15) is 13.3 Å². The minimum Gasteiger partial charge on any atom is -0.325 e. The molecule has 0 aliphatic heterocycles. The number of rotatable bonds is 7. The highest BCUT2D eigenvalue weighted by Crippen LogP contribution is 2.24. The molecule has 0 bridgehead atoms. The van der Waals surface area contributed by atoms with Crippen molar-refractivity contribution < 1.29 is 14.0 Å². The molecule has 0 atom stereocenters. The van der Waals surface area contributed by atoms with Crippen molar-refractivity contribution in [3.05, 3.63) is 63.7 Å². The minimum atomic E-state index is -0.585. The predicted molar refractivity (Wildman–Crippen MR) is 118 cm³/mol. The highest BCUT2D eigenvalue weighted by molar-refractivity contribution is 7.99. The third-order valence-electron chi connectivity index (χ3n) is 4.00. The van der Waals surface area contributed by atoms with Crippen LogP contribution in [0.25, 0.3) is 11.3 Å². The minimum absolute atomic E-state index is 0.0433. The third-order valence-corrected chi connectivity index (χ3v) is 5.15. The molecule has 1 aromatic heterocycles. The van der Waals surface area contributed by atoms with E-state index in [1.54, 1.807) is 31.2 Å². The molecule has 0 saturated heterocycles. The van der Waals surface area contributed by atoms with E-state index < -0.39 is 17.3 Å². The van der Waals surface area contributed by atoms with E-state index in [2.05, 4.69) is 25.8 Å². The molecule has 0 aliphatic rings. The van der Waals surface area contributed by atoms with Crippen molar-refractivity contribution in [2.45, 2.75) is 18.5 Å². The van der Waals surface area contributed by atoms with E-state index in [-0.39, 0.29) is 34.0 Å². The van der Waals surface area contributed by atoms with Gasteiger partial charge in [0, 0.05) is 17.7 Å². The largest absolute Gasteiger partial charge is 0.325 e. The first kappa shape index (κ1) is 22.4. The number of amides is 2. The Morgan fingerprint density at radius 1 is 1.13 bits per heavy atom. The average Bonchev–Trinajstić information content (AvgIpc) is 2.75. The van der Waals surface area contributed by atoms with Crippen LogP contribution in [0.4, 0.5) is 15.8 Å². The summed E-state index contributed by atoms with van der Waals surface area (Å²) in [5.74, 6) is -1.25. The van der Waals surface area contributed by atoms with Crippen LogP contribution >= 0.6 is 23.4 Å². The number of H-pyrrole nitrogens is 1. The van der Waals surface area contributed by atoms with Gasteiger partial charge in [0.25, 0.3) is 5.56 Å². The number of anilines is 2. The van der Waals surface area contributed by atoms with Gasteiger partial charge in [-0.3, -0.25) is 19.4 Å². The summed E-state index contributed by atoms with van der Waals surface area (Å²) in [5.41, 5.74) is 0.758. The van der Waals surface area contributed by atoms with E-state index in [0.29, 0.717) is 16.9 Å². The Hall–Kier alpha value is -3.24. The lowest BCUT2D eigenvalue weighted by Crippen LogP contribution is -2.18. The molecule has 160 valence electrons. The maximum absolute atomic E-state index is 13.2. The van der Waals surface area contributed by atoms with Crippen LogP contribution in [-0.4, -0.2) is 32.7 Å². The molecule has 31 heavy (non-hydrogen) atoms. The lowest BCUT2D eigenvalue weighted by molar-refractivity contribution is -0.116. The van der Waals surface area contributed by atoms with Gasteiger partial charge in [-0.25, -0.2) is 4.39 Å². The van der Waals surface area contributed by atoms with Gasteiger partial charge in [0.15, 0.2) is 10.9 Å². The molecule has 0 aliphatic carbocycles. The van der Waals surface area contributed by atoms with Crippen LogP contribution in [0.15, 0.2) is 52.4 Å². The molecule has 1 heterocycles. The fourth-order valence-electron chi connectivity index (χ4n) is 2.51. The summed E-state index contributed by atoms with van der Waals surface area (Å²) in [7, 11) is 0. The second-order valence-corrected chi connectivity index (χ2v) is 7.59.